The quantitative estimate of drug-likeness (QED) is 0.268. The van der Waals surface area contributed by atoms with Crippen LogP contribution >= 0.6 is 11.8 Å². The number of benzene rings is 1. The SMILES string of the molecule is CCCCSc1nc(-c2cccc(C)c2)nc2c1Cc1c(CO)cnc(C)c1O2. The highest BCUT2D eigenvalue weighted by Gasteiger charge is 2.27. The maximum atomic E-state index is 9.76. The van der Waals surface area contributed by atoms with Gasteiger partial charge in [-0.05, 0) is 32.1 Å². The molecule has 29 heavy (non-hydrogen) atoms. The van der Waals surface area contributed by atoms with E-state index in [-0.39, 0.29) is 6.61 Å². The van der Waals surface area contributed by atoms with Gasteiger partial charge in [0.1, 0.15) is 5.03 Å². The normalized spacial score (nSPS) is 12.3. The second kappa shape index (κ2) is 8.51. The Bertz CT molecular complexity index is 1050. The van der Waals surface area contributed by atoms with Crippen LogP contribution < -0.4 is 4.74 Å². The summed E-state index contributed by atoms with van der Waals surface area (Å²) in [4.78, 5) is 14.1. The maximum Gasteiger partial charge on any atom is 0.227 e. The summed E-state index contributed by atoms with van der Waals surface area (Å²) in [6.07, 6.45) is 4.65. The van der Waals surface area contributed by atoms with Crippen LogP contribution in [0.4, 0.5) is 0 Å². The molecule has 3 aromatic rings. The largest absolute Gasteiger partial charge is 0.436 e. The number of fused-ring (bicyclic) bond motifs is 2. The molecule has 0 bridgehead atoms. The Morgan fingerprint density at radius 3 is 2.79 bits per heavy atom. The molecule has 0 unspecified atom stereocenters. The molecule has 5 nitrogen and oxygen atoms in total. The lowest BCUT2D eigenvalue weighted by Gasteiger charge is -2.24. The highest BCUT2D eigenvalue weighted by Crippen LogP contribution is 2.42. The Morgan fingerprint density at radius 2 is 2.03 bits per heavy atom. The summed E-state index contributed by atoms with van der Waals surface area (Å²) < 4.78 is 6.25. The first-order valence-electron chi connectivity index (χ1n) is 9.97. The predicted octanol–water partition coefficient (Wildman–Crippen LogP) is 5.24. The van der Waals surface area contributed by atoms with E-state index < -0.39 is 0 Å². The molecule has 1 aromatic carbocycles. The van der Waals surface area contributed by atoms with Crippen molar-refractivity contribution in [1.82, 2.24) is 15.0 Å². The minimum Gasteiger partial charge on any atom is -0.436 e. The third-order valence-corrected chi connectivity index (χ3v) is 6.18. The number of ether oxygens (including phenoxy) is 1. The zero-order valence-electron chi connectivity index (χ0n) is 17.0. The van der Waals surface area contributed by atoms with Crippen LogP contribution in [0.25, 0.3) is 11.4 Å². The number of thioether (sulfide) groups is 1. The summed E-state index contributed by atoms with van der Waals surface area (Å²) in [5.74, 6) is 2.99. The van der Waals surface area contributed by atoms with Crippen LogP contribution in [0.1, 0.15) is 47.7 Å². The highest BCUT2D eigenvalue weighted by molar-refractivity contribution is 7.99. The minimum absolute atomic E-state index is 0.0607. The van der Waals surface area contributed by atoms with Crippen molar-refractivity contribution < 1.29 is 9.84 Å². The Balaban J connectivity index is 1.82. The second-order valence-corrected chi connectivity index (χ2v) is 8.40. The van der Waals surface area contributed by atoms with Crippen molar-refractivity contribution in [2.45, 2.75) is 51.7 Å². The van der Waals surface area contributed by atoms with E-state index in [1.54, 1.807) is 18.0 Å². The Morgan fingerprint density at radius 1 is 1.17 bits per heavy atom. The molecule has 6 heteroatoms. The number of nitrogens with zero attached hydrogens (tertiary/aromatic N) is 3. The molecule has 0 spiro atoms. The Kier molecular flexibility index (Phi) is 5.83. The molecule has 4 rings (SSSR count). The number of aromatic nitrogens is 3. The van der Waals surface area contributed by atoms with Gasteiger partial charge in [-0.3, -0.25) is 4.98 Å². The number of aliphatic hydroxyl groups excluding tert-OH is 1. The predicted molar refractivity (Wildman–Crippen MR) is 116 cm³/mol. The van der Waals surface area contributed by atoms with Crippen LogP contribution in [-0.4, -0.2) is 25.8 Å². The molecule has 3 heterocycles. The number of unbranched alkanes of at least 4 members (excludes halogenated alkanes) is 1. The smallest absolute Gasteiger partial charge is 0.227 e. The summed E-state index contributed by atoms with van der Waals surface area (Å²) in [6.45, 7) is 6.12. The average Bonchev–Trinajstić information content (AvgIpc) is 2.73. The molecule has 1 aliphatic heterocycles. The van der Waals surface area contributed by atoms with Crippen LogP contribution in [0.2, 0.25) is 0 Å². The molecule has 0 fully saturated rings. The van der Waals surface area contributed by atoms with Gasteiger partial charge in [-0.2, -0.15) is 4.98 Å². The fourth-order valence-corrected chi connectivity index (χ4v) is 4.55. The number of hydrogen-bond acceptors (Lipinski definition) is 6. The van der Waals surface area contributed by atoms with E-state index in [9.17, 15) is 5.11 Å². The van der Waals surface area contributed by atoms with Gasteiger partial charge in [0.15, 0.2) is 11.6 Å². The van der Waals surface area contributed by atoms with Crippen molar-refractivity contribution in [2.75, 3.05) is 5.75 Å². The van der Waals surface area contributed by atoms with Gasteiger partial charge in [0.05, 0.1) is 17.9 Å². The van der Waals surface area contributed by atoms with Gasteiger partial charge in [0.2, 0.25) is 5.88 Å². The molecular formula is C23H25N3O2S. The van der Waals surface area contributed by atoms with E-state index in [4.69, 9.17) is 14.7 Å². The third-order valence-electron chi connectivity index (χ3n) is 5.07. The minimum atomic E-state index is -0.0607. The van der Waals surface area contributed by atoms with Crippen LogP contribution in [0.3, 0.4) is 0 Å². The molecule has 1 aliphatic rings. The summed E-state index contributed by atoms with van der Waals surface area (Å²) in [6, 6.07) is 8.21. The van der Waals surface area contributed by atoms with E-state index in [1.165, 1.54) is 5.56 Å². The molecule has 0 amide bonds. The van der Waals surface area contributed by atoms with Gasteiger partial charge in [-0.15, -0.1) is 11.8 Å². The lowest BCUT2D eigenvalue weighted by molar-refractivity contribution is 0.278. The first-order chi connectivity index (χ1) is 14.1. The molecule has 0 saturated carbocycles. The van der Waals surface area contributed by atoms with Crippen LogP contribution in [0.15, 0.2) is 35.5 Å². The zero-order chi connectivity index (χ0) is 20.4. The van der Waals surface area contributed by atoms with Gasteiger partial charge >= 0.3 is 0 Å². The van der Waals surface area contributed by atoms with Gasteiger partial charge in [-0.1, -0.05) is 37.1 Å². The number of hydrogen-bond donors (Lipinski definition) is 1. The summed E-state index contributed by atoms with van der Waals surface area (Å²) in [5, 5.41) is 10.7. The van der Waals surface area contributed by atoms with Crippen molar-refractivity contribution >= 4 is 11.8 Å². The Labute approximate surface area is 175 Å². The van der Waals surface area contributed by atoms with Crippen molar-refractivity contribution in [1.29, 1.82) is 0 Å². The zero-order valence-corrected chi connectivity index (χ0v) is 17.8. The summed E-state index contributed by atoms with van der Waals surface area (Å²) in [7, 11) is 0. The molecule has 2 aromatic heterocycles. The van der Waals surface area contributed by atoms with Crippen molar-refractivity contribution in [3.05, 3.63) is 58.4 Å². The van der Waals surface area contributed by atoms with E-state index >= 15 is 0 Å². The average molecular weight is 408 g/mol. The van der Waals surface area contributed by atoms with E-state index in [2.05, 4.69) is 31.0 Å². The van der Waals surface area contributed by atoms with Crippen LogP contribution in [-0.2, 0) is 13.0 Å². The number of aryl methyl sites for hydroxylation is 2. The summed E-state index contributed by atoms with van der Waals surface area (Å²) in [5.41, 5.74) is 5.73. The van der Waals surface area contributed by atoms with Crippen molar-refractivity contribution in [3.63, 3.8) is 0 Å². The van der Waals surface area contributed by atoms with E-state index in [1.807, 2.05) is 19.1 Å². The van der Waals surface area contributed by atoms with E-state index in [0.29, 0.717) is 23.9 Å². The molecule has 0 radical (unpaired) electrons. The maximum absolute atomic E-state index is 9.76. The number of pyridine rings is 1. The fourth-order valence-electron chi connectivity index (χ4n) is 3.44. The molecule has 0 saturated heterocycles. The standard InChI is InChI=1S/C23H25N3O2S/c1-4-5-9-29-23-19-11-18-17(13-27)12-24-15(3)20(18)28-22(19)25-21(26-23)16-8-6-7-14(2)10-16/h6-8,10,12,27H,4-5,9,11,13H2,1-3H3. The van der Waals surface area contributed by atoms with Gasteiger partial charge in [0, 0.05) is 29.3 Å². The van der Waals surface area contributed by atoms with Crippen molar-refractivity contribution in [2.24, 2.45) is 0 Å². The van der Waals surface area contributed by atoms with Crippen molar-refractivity contribution in [3.8, 4) is 23.0 Å². The fraction of sp³-hybridized carbons (Fsp3) is 0.348. The lowest BCUT2D eigenvalue weighted by atomic mass is 9.99. The van der Waals surface area contributed by atoms with Gasteiger partial charge in [0.25, 0.3) is 0 Å². The monoisotopic (exact) mass is 407 g/mol. The molecule has 150 valence electrons. The molecule has 1 N–H and O–H groups in total. The first-order valence-corrected chi connectivity index (χ1v) is 11.0. The van der Waals surface area contributed by atoms with Crippen LogP contribution in [0, 0.1) is 13.8 Å². The van der Waals surface area contributed by atoms with Crippen LogP contribution in [0.5, 0.6) is 11.6 Å². The number of rotatable bonds is 6. The van der Waals surface area contributed by atoms with Gasteiger partial charge < -0.3 is 9.84 Å². The lowest BCUT2D eigenvalue weighted by Crippen LogP contribution is -2.13. The highest BCUT2D eigenvalue weighted by atomic mass is 32.2. The number of aliphatic hydroxyl groups is 1. The second-order valence-electron chi connectivity index (χ2n) is 7.32. The Hall–Kier alpha value is -2.44. The molecule has 0 aliphatic carbocycles. The molecule has 0 atom stereocenters. The first kappa shape index (κ1) is 19.9. The van der Waals surface area contributed by atoms with Gasteiger partial charge in [-0.25, -0.2) is 4.98 Å². The molecular weight excluding hydrogens is 382 g/mol. The topological polar surface area (TPSA) is 68.1 Å². The van der Waals surface area contributed by atoms with E-state index in [0.717, 1.165) is 51.6 Å². The summed E-state index contributed by atoms with van der Waals surface area (Å²) >= 11 is 1.76. The third kappa shape index (κ3) is 4.00.